The molecule has 0 radical (unpaired) electrons. The van der Waals surface area contributed by atoms with Crippen molar-refractivity contribution in [1.82, 2.24) is 19.7 Å². The number of aromatic nitrogens is 4. The number of hydrogen-bond acceptors (Lipinski definition) is 5. The molecule has 1 atom stereocenters. The molecule has 0 aromatic carbocycles. The number of hydrogen-bond donors (Lipinski definition) is 1. The van der Waals surface area contributed by atoms with Crippen molar-refractivity contribution in [3.63, 3.8) is 0 Å². The molecule has 0 aliphatic heterocycles. The lowest BCUT2D eigenvalue weighted by atomic mass is 10.2. The average Bonchev–Trinajstić information content (AvgIpc) is 2.62. The molecular formula is C11H14N4OS. The predicted molar refractivity (Wildman–Crippen MR) is 64.7 cm³/mol. The molecule has 0 fully saturated rings. The van der Waals surface area contributed by atoms with Crippen LogP contribution in [-0.2, 0) is 7.05 Å². The number of pyridine rings is 1. The Balaban J connectivity index is 2.17. The van der Waals surface area contributed by atoms with E-state index in [9.17, 15) is 5.11 Å². The third kappa shape index (κ3) is 2.65. The van der Waals surface area contributed by atoms with Crippen LogP contribution in [-0.4, -0.2) is 24.9 Å². The van der Waals surface area contributed by atoms with E-state index in [0.29, 0.717) is 0 Å². The van der Waals surface area contributed by atoms with Gasteiger partial charge in [-0.3, -0.25) is 0 Å². The van der Waals surface area contributed by atoms with Gasteiger partial charge in [0.05, 0.1) is 6.10 Å². The molecule has 0 bridgehead atoms. The number of nitrogens with zero attached hydrogens (tertiary/aromatic N) is 4. The van der Waals surface area contributed by atoms with Crippen molar-refractivity contribution in [2.24, 2.45) is 7.05 Å². The molecule has 17 heavy (non-hydrogen) atoms. The summed E-state index contributed by atoms with van der Waals surface area (Å²) < 4.78 is 1.91. The van der Waals surface area contributed by atoms with E-state index in [1.807, 2.05) is 30.7 Å². The topological polar surface area (TPSA) is 63.8 Å². The first-order valence-electron chi connectivity index (χ1n) is 5.26. The van der Waals surface area contributed by atoms with Crippen LogP contribution in [0.2, 0.25) is 0 Å². The zero-order valence-electron chi connectivity index (χ0n) is 9.95. The fourth-order valence-electron chi connectivity index (χ4n) is 1.27. The number of aliphatic hydroxyl groups is 1. The smallest absolute Gasteiger partial charge is 0.197 e. The third-order valence-corrected chi connectivity index (χ3v) is 3.48. The Bertz CT molecular complexity index is 507. The second-order valence-electron chi connectivity index (χ2n) is 3.80. The quantitative estimate of drug-likeness (QED) is 0.898. The summed E-state index contributed by atoms with van der Waals surface area (Å²) >= 11 is 1.45. The van der Waals surface area contributed by atoms with Crippen molar-refractivity contribution >= 4 is 11.8 Å². The molecule has 0 saturated carbocycles. The van der Waals surface area contributed by atoms with Crippen LogP contribution in [0.3, 0.4) is 0 Å². The van der Waals surface area contributed by atoms with Gasteiger partial charge in [0.25, 0.3) is 0 Å². The minimum atomic E-state index is -0.487. The molecule has 0 spiro atoms. The van der Waals surface area contributed by atoms with Crippen LogP contribution in [0.5, 0.6) is 0 Å². The molecule has 0 amide bonds. The van der Waals surface area contributed by atoms with Gasteiger partial charge in [-0.15, -0.1) is 10.2 Å². The van der Waals surface area contributed by atoms with Crippen LogP contribution in [0.15, 0.2) is 28.5 Å². The standard InChI is InChI=1S/C11H14N4OS/c1-7(16)9-4-5-10(12-6-9)17-11-14-13-8(2)15(11)3/h4-7,16H,1-3H3. The van der Waals surface area contributed by atoms with E-state index in [4.69, 9.17) is 0 Å². The van der Waals surface area contributed by atoms with Crippen molar-refractivity contribution in [3.8, 4) is 0 Å². The van der Waals surface area contributed by atoms with Crippen molar-refractivity contribution in [2.75, 3.05) is 0 Å². The Morgan fingerprint density at radius 1 is 1.35 bits per heavy atom. The van der Waals surface area contributed by atoms with Crippen molar-refractivity contribution in [1.29, 1.82) is 0 Å². The molecule has 1 unspecified atom stereocenters. The first kappa shape index (κ1) is 12.1. The number of aliphatic hydroxyl groups excluding tert-OH is 1. The Morgan fingerprint density at radius 2 is 2.12 bits per heavy atom. The molecule has 0 aliphatic carbocycles. The number of rotatable bonds is 3. The largest absolute Gasteiger partial charge is 0.389 e. The molecule has 2 aromatic rings. The van der Waals surface area contributed by atoms with Gasteiger partial charge in [-0.25, -0.2) is 4.98 Å². The Morgan fingerprint density at radius 3 is 2.59 bits per heavy atom. The minimum Gasteiger partial charge on any atom is -0.389 e. The van der Waals surface area contributed by atoms with E-state index in [-0.39, 0.29) is 0 Å². The SMILES string of the molecule is Cc1nnc(Sc2ccc(C(C)O)cn2)n1C. The fraction of sp³-hybridized carbons (Fsp3) is 0.364. The average molecular weight is 250 g/mol. The van der Waals surface area contributed by atoms with Gasteiger partial charge in [-0.1, -0.05) is 6.07 Å². The maximum absolute atomic E-state index is 9.38. The van der Waals surface area contributed by atoms with E-state index >= 15 is 0 Å². The molecule has 5 nitrogen and oxygen atoms in total. The van der Waals surface area contributed by atoms with Crippen LogP contribution in [0, 0.1) is 6.92 Å². The van der Waals surface area contributed by atoms with E-state index in [2.05, 4.69) is 15.2 Å². The van der Waals surface area contributed by atoms with Crippen LogP contribution >= 0.6 is 11.8 Å². The summed E-state index contributed by atoms with van der Waals surface area (Å²) in [7, 11) is 1.92. The summed E-state index contributed by atoms with van der Waals surface area (Å²) in [4.78, 5) is 4.27. The Kier molecular flexibility index (Phi) is 3.44. The molecule has 1 N–H and O–H groups in total. The fourth-order valence-corrected chi connectivity index (χ4v) is 2.05. The van der Waals surface area contributed by atoms with Gasteiger partial charge in [0.2, 0.25) is 0 Å². The van der Waals surface area contributed by atoms with Crippen molar-refractivity contribution in [2.45, 2.75) is 30.1 Å². The minimum absolute atomic E-state index is 0.487. The van der Waals surface area contributed by atoms with Gasteiger partial charge < -0.3 is 9.67 Å². The van der Waals surface area contributed by atoms with E-state index in [1.54, 1.807) is 13.1 Å². The summed E-state index contributed by atoms with van der Waals surface area (Å²) in [5.41, 5.74) is 0.809. The Labute approximate surface area is 104 Å². The lowest BCUT2D eigenvalue weighted by Crippen LogP contribution is -1.95. The van der Waals surface area contributed by atoms with Gasteiger partial charge in [-0.2, -0.15) is 0 Å². The second kappa shape index (κ2) is 4.85. The van der Waals surface area contributed by atoms with Gasteiger partial charge in [-0.05, 0) is 37.2 Å². The number of aryl methyl sites for hydroxylation is 1. The van der Waals surface area contributed by atoms with Gasteiger partial charge in [0.15, 0.2) is 5.16 Å². The monoisotopic (exact) mass is 250 g/mol. The Hall–Kier alpha value is -1.40. The van der Waals surface area contributed by atoms with Crippen LogP contribution < -0.4 is 0 Å². The maximum atomic E-state index is 9.38. The zero-order chi connectivity index (χ0) is 12.4. The van der Waals surface area contributed by atoms with E-state index in [1.165, 1.54) is 11.8 Å². The lowest BCUT2D eigenvalue weighted by molar-refractivity contribution is 0.198. The van der Waals surface area contributed by atoms with Gasteiger partial charge in [0, 0.05) is 13.2 Å². The molecule has 0 saturated heterocycles. The lowest BCUT2D eigenvalue weighted by Gasteiger charge is -2.05. The summed E-state index contributed by atoms with van der Waals surface area (Å²) in [6, 6.07) is 3.74. The molecule has 90 valence electrons. The summed E-state index contributed by atoms with van der Waals surface area (Å²) in [6.45, 7) is 3.62. The molecule has 2 aromatic heterocycles. The molecule has 2 rings (SSSR count). The van der Waals surface area contributed by atoms with Crippen LogP contribution in [0.25, 0.3) is 0 Å². The highest BCUT2D eigenvalue weighted by Gasteiger charge is 2.08. The summed E-state index contributed by atoms with van der Waals surface area (Å²) in [5.74, 6) is 0.869. The van der Waals surface area contributed by atoms with Crippen LogP contribution in [0.4, 0.5) is 0 Å². The predicted octanol–water partition coefficient (Wildman–Crippen LogP) is 1.72. The summed E-state index contributed by atoms with van der Waals surface area (Å²) in [5, 5.41) is 19.1. The molecule has 6 heteroatoms. The molecule has 0 aliphatic rings. The highest BCUT2D eigenvalue weighted by molar-refractivity contribution is 7.99. The van der Waals surface area contributed by atoms with E-state index < -0.39 is 6.10 Å². The zero-order valence-corrected chi connectivity index (χ0v) is 10.8. The van der Waals surface area contributed by atoms with Gasteiger partial charge >= 0.3 is 0 Å². The maximum Gasteiger partial charge on any atom is 0.197 e. The van der Waals surface area contributed by atoms with Crippen LogP contribution in [0.1, 0.15) is 24.4 Å². The highest BCUT2D eigenvalue weighted by Crippen LogP contribution is 2.24. The van der Waals surface area contributed by atoms with Crippen molar-refractivity contribution in [3.05, 3.63) is 29.7 Å². The normalized spacial score (nSPS) is 12.7. The molecular weight excluding hydrogens is 236 g/mol. The third-order valence-electron chi connectivity index (χ3n) is 2.49. The van der Waals surface area contributed by atoms with Gasteiger partial charge in [0.1, 0.15) is 10.9 Å². The first-order valence-corrected chi connectivity index (χ1v) is 6.07. The first-order chi connectivity index (χ1) is 8.08. The molecule has 2 heterocycles. The highest BCUT2D eigenvalue weighted by atomic mass is 32.2. The second-order valence-corrected chi connectivity index (χ2v) is 4.78. The summed E-state index contributed by atoms with van der Waals surface area (Å²) in [6.07, 6.45) is 1.19. The van der Waals surface area contributed by atoms with E-state index in [0.717, 1.165) is 21.6 Å². The van der Waals surface area contributed by atoms with Crippen molar-refractivity contribution < 1.29 is 5.11 Å².